The van der Waals surface area contributed by atoms with E-state index in [0.717, 1.165) is 0 Å². The molecule has 2 rings (SSSR count). The summed E-state index contributed by atoms with van der Waals surface area (Å²) in [5, 5.41) is 3.03. The van der Waals surface area contributed by atoms with E-state index in [-0.39, 0.29) is 22.6 Å². The second-order valence-corrected chi connectivity index (χ2v) is 4.31. The van der Waals surface area contributed by atoms with Gasteiger partial charge >= 0.3 is 0 Å². The van der Waals surface area contributed by atoms with Crippen LogP contribution in [-0.4, -0.2) is 15.9 Å². The molecule has 0 fully saturated rings. The zero-order valence-corrected chi connectivity index (χ0v) is 10.9. The number of nitrogens with zero attached hydrogens (tertiary/aromatic N) is 2. The van der Waals surface area contributed by atoms with Crippen molar-refractivity contribution in [3.63, 3.8) is 0 Å². The Balaban J connectivity index is 2.01. The molecule has 1 amide bonds. The van der Waals surface area contributed by atoms with Gasteiger partial charge in [0.1, 0.15) is 10.9 Å². The van der Waals surface area contributed by atoms with Crippen LogP contribution in [0.1, 0.15) is 22.0 Å². The first kappa shape index (κ1) is 12.9. The molecule has 2 aromatic heterocycles. The van der Waals surface area contributed by atoms with Gasteiger partial charge in [-0.15, -0.1) is 0 Å². The van der Waals surface area contributed by atoms with Crippen LogP contribution in [0.15, 0.2) is 22.9 Å². The summed E-state index contributed by atoms with van der Waals surface area (Å²) >= 11 is 11.4. The van der Waals surface area contributed by atoms with Crippen LogP contribution in [0.3, 0.4) is 0 Å². The van der Waals surface area contributed by atoms with E-state index < -0.39 is 0 Å². The average Bonchev–Trinajstić information content (AvgIpc) is 2.75. The van der Waals surface area contributed by atoms with Gasteiger partial charge < -0.3 is 9.73 Å². The maximum Gasteiger partial charge on any atom is 0.253 e. The zero-order chi connectivity index (χ0) is 13.1. The molecule has 0 aliphatic rings. The van der Waals surface area contributed by atoms with Crippen molar-refractivity contribution >= 4 is 29.1 Å². The van der Waals surface area contributed by atoms with Crippen molar-refractivity contribution in [3.8, 4) is 0 Å². The highest BCUT2D eigenvalue weighted by Crippen LogP contribution is 2.19. The second-order valence-electron chi connectivity index (χ2n) is 3.54. The third-order valence-corrected chi connectivity index (χ3v) is 2.81. The van der Waals surface area contributed by atoms with E-state index in [1.807, 2.05) is 0 Å². The van der Waals surface area contributed by atoms with E-state index in [1.54, 1.807) is 13.1 Å². The maximum absolute atomic E-state index is 11.8. The van der Waals surface area contributed by atoms with Gasteiger partial charge in [0.25, 0.3) is 5.91 Å². The van der Waals surface area contributed by atoms with E-state index >= 15 is 0 Å². The molecule has 0 radical (unpaired) electrons. The molecule has 0 aliphatic carbocycles. The predicted octanol–water partition coefficient (Wildman–Crippen LogP) is 2.61. The Morgan fingerprint density at radius 1 is 1.39 bits per heavy atom. The van der Waals surface area contributed by atoms with E-state index in [1.165, 1.54) is 12.3 Å². The lowest BCUT2D eigenvalue weighted by Crippen LogP contribution is -2.23. The fourth-order valence-electron chi connectivity index (χ4n) is 1.29. The van der Waals surface area contributed by atoms with Crippen molar-refractivity contribution in [1.82, 2.24) is 15.3 Å². The third-order valence-electron chi connectivity index (χ3n) is 2.13. The minimum atomic E-state index is -0.322. The molecule has 0 saturated carbocycles. The molecule has 0 atom stereocenters. The highest BCUT2D eigenvalue weighted by Gasteiger charge is 2.10. The summed E-state index contributed by atoms with van der Waals surface area (Å²) in [5.74, 6) is 0.807. The summed E-state index contributed by atoms with van der Waals surface area (Å²) in [4.78, 5) is 19.5. The molecule has 1 N–H and O–H groups in total. The summed E-state index contributed by atoms with van der Waals surface area (Å²) in [6, 6.07) is 1.45. The molecule has 0 saturated heterocycles. The number of aromatic nitrogens is 2. The van der Waals surface area contributed by atoms with Crippen LogP contribution in [0.2, 0.25) is 10.2 Å². The number of hydrogen-bond donors (Lipinski definition) is 1. The Labute approximate surface area is 113 Å². The van der Waals surface area contributed by atoms with E-state index in [9.17, 15) is 4.79 Å². The Bertz CT molecular complexity index is 583. The number of oxazole rings is 1. The third kappa shape index (κ3) is 3.00. The Hall–Kier alpha value is -1.59. The minimum Gasteiger partial charge on any atom is -0.444 e. The van der Waals surface area contributed by atoms with Gasteiger partial charge in [-0.3, -0.25) is 4.79 Å². The first-order chi connectivity index (χ1) is 8.56. The number of carbonyl (C=O) groups excluding carboxylic acids is 1. The molecule has 2 heterocycles. The van der Waals surface area contributed by atoms with Crippen LogP contribution in [0, 0.1) is 6.92 Å². The second kappa shape index (κ2) is 5.37. The lowest BCUT2D eigenvalue weighted by molar-refractivity contribution is 0.0946. The number of nitrogens with one attached hydrogen (secondary N) is 1. The Kier molecular flexibility index (Phi) is 3.84. The SMILES string of the molecule is Cc1cnc(CNC(=O)c2cnc(Cl)c(Cl)c2)o1. The van der Waals surface area contributed by atoms with Crippen LogP contribution in [0.5, 0.6) is 0 Å². The van der Waals surface area contributed by atoms with Crippen LogP contribution in [-0.2, 0) is 6.54 Å². The number of carbonyl (C=O) groups is 1. The fraction of sp³-hybridized carbons (Fsp3) is 0.182. The normalized spacial score (nSPS) is 10.4. The summed E-state index contributed by atoms with van der Waals surface area (Å²) in [5.41, 5.74) is 0.327. The van der Waals surface area contributed by atoms with E-state index in [2.05, 4.69) is 15.3 Å². The van der Waals surface area contributed by atoms with Gasteiger partial charge in [-0.25, -0.2) is 9.97 Å². The molecular weight excluding hydrogens is 277 g/mol. The quantitative estimate of drug-likeness (QED) is 0.881. The van der Waals surface area contributed by atoms with Gasteiger partial charge in [0.15, 0.2) is 0 Å². The highest BCUT2D eigenvalue weighted by molar-refractivity contribution is 6.41. The molecule has 2 aromatic rings. The molecule has 18 heavy (non-hydrogen) atoms. The lowest BCUT2D eigenvalue weighted by atomic mass is 10.2. The summed E-state index contributed by atoms with van der Waals surface area (Å²) in [7, 11) is 0. The number of hydrogen-bond acceptors (Lipinski definition) is 4. The topological polar surface area (TPSA) is 68.0 Å². The molecule has 0 bridgehead atoms. The Morgan fingerprint density at radius 3 is 2.78 bits per heavy atom. The first-order valence-corrected chi connectivity index (χ1v) is 5.82. The molecule has 94 valence electrons. The van der Waals surface area contributed by atoms with Crippen LogP contribution >= 0.6 is 23.2 Å². The summed E-state index contributed by atoms with van der Waals surface area (Å²) in [6.07, 6.45) is 2.94. The number of pyridine rings is 1. The first-order valence-electron chi connectivity index (χ1n) is 5.07. The molecule has 0 aliphatic heterocycles. The minimum absolute atomic E-state index is 0.163. The van der Waals surface area contributed by atoms with Crippen molar-refractivity contribution in [2.45, 2.75) is 13.5 Å². The van der Waals surface area contributed by atoms with Crippen molar-refractivity contribution in [1.29, 1.82) is 0 Å². The smallest absolute Gasteiger partial charge is 0.253 e. The van der Waals surface area contributed by atoms with Crippen molar-refractivity contribution in [2.24, 2.45) is 0 Å². The van der Waals surface area contributed by atoms with E-state index in [4.69, 9.17) is 27.6 Å². The van der Waals surface area contributed by atoms with Gasteiger partial charge in [-0.1, -0.05) is 23.2 Å². The van der Waals surface area contributed by atoms with Crippen LogP contribution in [0.25, 0.3) is 0 Å². The van der Waals surface area contributed by atoms with Gasteiger partial charge in [-0.2, -0.15) is 0 Å². The maximum atomic E-state index is 11.8. The van der Waals surface area contributed by atoms with Crippen molar-refractivity contribution < 1.29 is 9.21 Å². The summed E-state index contributed by atoms with van der Waals surface area (Å²) < 4.78 is 5.22. The molecular formula is C11H9Cl2N3O2. The van der Waals surface area contributed by atoms with Crippen molar-refractivity contribution in [3.05, 3.63) is 45.9 Å². The van der Waals surface area contributed by atoms with Crippen LogP contribution < -0.4 is 5.32 Å². The Morgan fingerprint density at radius 2 is 2.17 bits per heavy atom. The monoisotopic (exact) mass is 285 g/mol. The molecule has 5 nitrogen and oxygen atoms in total. The predicted molar refractivity (Wildman–Crippen MR) is 66.7 cm³/mol. The molecule has 7 heteroatoms. The number of aryl methyl sites for hydroxylation is 1. The average molecular weight is 286 g/mol. The van der Waals surface area contributed by atoms with Crippen LogP contribution in [0.4, 0.5) is 0 Å². The van der Waals surface area contributed by atoms with Gasteiger partial charge in [0.2, 0.25) is 5.89 Å². The standard InChI is InChI=1S/C11H9Cl2N3O2/c1-6-3-14-9(18-6)5-16-11(17)7-2-8(12)10(13)15-4-7/h2-4H,5H2,1H3,(H,16,17). The van der Waals surface area contributed by atoms with Gasteiger partial charge in [-0.05, 0) is 13.0 Å². The number of rotatable bonds is 3. The van der Waals surface area contributed by atoms with Gasteiger partial charge in [0.05, 0.1) is 23.3 Å². The van der Waals surface area contributed by atoms with E-state index in [0.29, 0.717) is 17.2 Å². The largest absolute Gasteiger partial charge is 0.444 e. The zero-order valence-electron chi connectivity index (χ0n) is 9.41. The molecule has 0 unspecified atom stereocenters. The van der Waals surface area contributed by atoms with Crippen molar-refractivity contribution in [2.75, 3.05) is 0 Å². The number of amides is 1. The molecule has 0 spiro atoms. The fourth-order valence-corrected chi connectivity index (χ4v) is 1.56. The number of halogens is 2. The molecule has 0 aromatic carbocycles. The summed E-state index contributed by atoms with van der Waals surface area (Å²) in [6.45, 7) is 1.98. The van der Waals surface area contributed by atoms with Gasteiger partial charge in [0, 0.05) is 6.20 Å². The highest BCUT2D eigenvalue weighted by atomic mass is 35.5. The lowest BCUT2D eigenvalue weighted by Gasteiger charge is -2.03.